The summed E-state index contributed by atoms with van der Waals surface area (Å²) in [6.07, 6.45) is 7.12. The summed E-state index contributed by atoms with van der Waals surface area (Å²) in [7, 11) is 0. The van der Waals surface area contributed by atoms with Crippen molar-refractivity contribution in [3.8, 4) is 5.75 Å². The number of hydrogen-bond acceptors (Lipinski definition) is 2. The predicted molar refractivity (Wildman–Crippen MR) is 114 cm³/mol. The molecule has 26 heavy (non-hydrogen) atoms. The summed E-state index contributed by atoms with van der Waals surface area (Å²) >= 11 is 0. The van der Waals surface area contributed by atoms with Gasteiger partial charge in [-0.15, -0.1) is 12.4 Å². The Balaban J connectivity index is 0.00000243. The zero-order chi connectivity index (χ0) is 17.6. The van der Waals surface area contributed by atoms with Crippen molar-refractivity contribution in [2.24, 2.45) is 5.92 Å². The number of aryl methyl sites for hydroxylation is 1. The van der Waals surface area contributed by atoms with Crippen LogP contribution in [0.1, 0.15) is 37.1 Å². The number of hydrogen-bond donors (Lipinski definition) is 0. The summed E-state index contributed by atoms with van der Waals surface area (Å²) in [5, 5.41) is 2.50. The van der Waals surface area contributed by atoms with Crippen molar-refractivity contribution >= 4 is 35.3 Å². The van der Waals surface area contributed by atoms with Gasteiger partial charge in [0.2, 0.25) is 0 Å². The van der Waals surface area contributed by atoms with Crippen molar-refractivity contribution in [1.82, 2.24) is 4.98 Å². The summed E-state index contributed by atoms with van der Waals surface area (Å²) in [4.78, 5) is 4.51. The van der Waals surface area contributed by atoms with Gasteiger partial charge in [-0.05, 0) is 41.7 Å². The average molecular weight is 368 g/mol. The highest BCUT2D eigenvalue weighted by molar-refractivity contribution is 5.92. The maximum Gasteiger partial charge on any atom is 0.125 e. The fraction of sp³-hybridized carbons (Fsp3) is 0.261. The van der Waals surface area contributed by atoms with Crippen LogP contribution in [0.15, 0.2) is 54.7 Å². The van der Waals surface area contributed by atoms with E-state index in [0.717, 1.165) is 30.0 Å². The van der Waals surface area contributed by atoms with Crippen LogP contribution < -0.4 is 4.74 Å². The third-order valence-electron chi connectivity index (χ3n) is 4.28. The van der Waals surface area contributed by atoms with Gasteiger partial charge in [-0.3, -0.25) is 4.98 Å². The largest absolute Gasteiger partial charge is 0.493 e. The molecular formula is C23H26ClNO. The Hall–Kier alpha value is -2.32. The molecule has 136 valence electrons. The highest BCUT2D eigenvalue weighted by atomic mass is 35.5. The van der Waals surface area contributed by atoms with Crippen LogP contribution in [-0.2, 0) is 0 Å². The van der Waals surface area contributed by atoms with Crippen LogP contribution in [-0.4, -0.2) is 11.6 Å². The third kappa shape index (κ3) is 5.09. The lowest BCUT2D eigenvalue weighted by molar-refractivity contribution is 0.287. The van der Waals surface area contributed by atoms with Gasteiger partial charge in [0.15, 0.2) is 0 Å². The Bertz CT molecular complexity index is 881. The van der Waals surface area contributed by atoms with Crippen LogP contribution in [0.3, 0.4) is 0 Å². The Morgan fingerprint density at radius 2 is 1.81 bits per heavy atom. The lowest BCUT2D eigenvalue weighted by Gasteiger charge is -2.10. The summed E-state index contributed by atoms with van der Waals surface area (Å²) < 4.78 is 5.94. The number of rotatable bonds is 6. The molecule has 0 atom stereocenters. The van der Waals surface area contributed by atoms with Crippen LogP contribution >= 0.6 is 12.4 Å². The summed E-state index contributed by atoms with van der Waals surface area (Å²) in [5.41, 5.74) is 3.19. The second kappa shape index (κ2) is 9.40. The summed E-state index contributed by atoms with van der Waals surface area (Å²) in [5.74, 6) is 1.57. The Labute approximate surface area is 162 Å². The van der Waals surface area contributed by atoms with E-state index in [2.05, 4.69) is 73.4 Å². The van der Waals surface area contributed by atoms with Gasteiger partial charge in [0, 0.05) is 17.8 Å². The molecule has 0 bridgehead atoms. The van der Waals surface area contributed by atoms with Crippen molar-refractivity contribution in [3.63, 3.8) is 0 Å². The molecule has 2 nitrogen and oxygen atoms in total. The number of benzene rings is 2. The molecule has 0 N–H and O–H groups in total. The fourth-order valence-electron chi connectivity index (χ4n) is 2.74. The van der Waals surface area contributed by atoms with Gasteiger partial charge >= 0.3 is 0 Å². The third-order valence-corrected chi connectivity index (χ3v) is 4.28. The maximum absolute atomic E-state index is 5.94. The number of pyridine rings is 1. The Morgan fingerprint density at radius 1 is 1.04 bits per heavy atom. The normalized spacial score (nSPS) is 11.1. The SMILES string of the molecule is Cc1cnc(C=Cc2cccc3ccccc23)cc1OCCC(C)C.Cl. The van der Waals surface area contributed by atoms with Gasteiger partial charge in [-0.2, -0.15) is 0 Å². The van der Waals surface area contributed by atoms with Crippen molar-refractivity contribution in [2.45, 2.75) is 27.2 Å². The molecule has 0 saturated carbocycles. The van der Waals surface area contributed by atoms with Gasteiger partial charge in [-0.25, -0.2) is 0 Å². The number of ether oxygens (including phenoxy) is 1. The first-order valence-corrected chi connectivity index (χ1v) is 8.89. The number of fused-ring (bicyclic) bond motifs is 1. The quantitative estimate of drug-likeness (QED) is 0.492. The minimum atomic E-state index is 0. The van der Waals surface area contributed by atoms with Crippen LogP contribution in [0.2, 0.25) is 0 Å². The van der Waals surface area contributed by atoms with Gasteiger partial charge < -0.3 is 4.74 Å². The first-order valence-electron chi connectivity index (χ1n) is 8.89. The van der Waals surface area contributed by atoms with E-state index >= 15 is 0 Å². The molecule has 0 radical (unpaired) electrons. The molecule has 0 spiro atoms. The summed E-state index contributed by atoms with van der Waals surface area (Å²) in [6, 6.07) is 16.8. The highest BCUT2D eigenvalue weighted by Gasteiger charge is 2.03. The highest BCUT2D eigenvalue weighted by Crippen LogP contribution is 2.22. The maximum atomic E-state index is 5.94. The van der Waals surface area contributed by atoms with Gasteiger partial charge in [0.25, 0.3) is 0 Å². The lowest BCUT2D eigenvalue weighted by Crippen LogP contribution is -2.03. The van der Waals surface area contributed by atoms with Crippen LogP contribution in [0.25, 0.3) is 22.9 Å². The number of nitrogens with zero attached hydrogens (tertiary/aromatic N) is 1. The number of aromatic nitrogens is 1. The van der Waals surface area contributed by atoms with Crippen molar-refractivity contribution in [3.05, 3.63) is 71.5 Å². The molecule has 0 aliphatic heterocycles. The smallest absolute Gasteiger partial charge is 0.125 e. The van der Waals surface area contributed by atoms with E-state index in [1.165, 1.54) is 16.3 Å². The average Bonchev–Trinajstić information content (AvgIpc) is 2.62. The first kappa shape index (κ1) is 20.0. The van der Waals surface area contributed by atoms with Gasteiger partial charge in [0.1, 0.15) is 5.75 Å². The van der Waals surface area contributed by atoms with Crippen molar-refractivity contribution in [1.29, 1.82) is 0 Å². The molecule has 0 fully saturated rings. The van der Waals surface area contributed by atoms with E-state index in [-0.39, 0.29) is 12.4 Å². The fourth-order valence-corrected chi connectivity index (χ4v) is 2.74. The van der Waals surface area contributed by atoms with Crippen LogP contribution in [0.5, 0.6) is 5.75 Å². The van der Waals surface area contributed by atoms with E-state index in [1.807, 2.05) is 19.2 Å². The Morgan fingerprint density at radius 3 is 2.62 bits per heavy atom. The van der Waals surface area contributed by atoms with Crippen molar-refractivity contribution in [2.75, 3.05) is 6.61 Å². The van der Waals surface area contributed by atoms with Crippen molar-refractivity contribution < 1.29 is 4.74 Å². The molecular weight excluding hydrogens is 342 g/mol. The van der Waals surface area contributed by atoms with Gasteiger partial charge in [0.05, 0.1) is 12.3 Å². The van der Waals surface area contributed by atoms with E-state index in [4.69, 9.17) is 4.74 Å². The first-order chi connectivity index (χ1) is 12.1. The second-order valence-corrected chi connectivity index (χ2v) is 6.81. The lowest BCUT2D eigenvalue weighted by atomic mass is 10.0. The topological polar surface area (TPSA) is 22.1 Å². The van der Waals surface area contributed by atoms with E-state index in [9.17, 15) is 0 Å². The van der Waals surface area contributed by atoms with Gasteiger partial charge in [-0.1, -0.05) is 62.4 Å². The summed E-state index contributed by atoms with van der Waals surface area (Å²) in [6.45, 7) is 7.20. The molecule has 0 amide bonds. The molecule has 2 aromatic carbocycles. The zero-order valence-electron chi connectivity index (χ0n) is 15.6. The molecule has 0 unspecified atom stereocenters. The zero-order valence-corrected chi connectivity index (χ0v) is 16.4. The standard InChI is InChI=1S/C23H25NO.ClH/c1-17(2)13-14-25-23-15-21(24-16-18(23)3)12-11-20-9-6-8-19-7-4-5-10-22(19)20;/h4-12,15-17H,13-14H2,1-3H3;1H. The van der Waals surface area contributed by atoms with E-state index in [0.29, 0.717) is 5.92 Å². The van der Waals surface area contributed by atoms with Crippen LogP contribution in [0.4, 0.5) is 0 Å². The number of halogens is 1. The minimum Gasteiger partial charge on any atom is -0.493 e. The molecule has 1 aromatic heterocycles. The molecule has 1 heterocycles. The van der Waals surface area contributed by atoms with E-state index < -0.39 is 0 Å². The predicted octanol–water partition coefficient (Wildman–Crippen LogP) is 6.56. The monoisotopic (exact) mass is 367 g/mol. The minimum absolute atomic E-state index is 0. The molecule has 3 heteroatoms. The van der Waals surface area contributed by atoms with E-state index in [1.54, 1.807) is 0 Å². The Kier molecular flexibility index (Phi) is 7.23. The molecule has 0 aliphatic rings. The molecule has 0 saturated heterocycles. The second-order valence-electron chi connectivity index (χ2n) is 6.81. The van der Waals surface area contributed by atoms with Crippen LogP contribution in [0, 0.1) is 12.8 Å². The molecule has 3 rings (SSSR count). The molecule has 3 aromatic rings. The molecule has 0 aliphatic carbocycles.